The van der Waals surface area contributed by atoms with Gasteiger partial charge in [-0.1, -0.05) is 0 Å². The number of hydrogen-bond donors (Lipinski definition) is 2. The second-order valence-electron chi connectivity index (χ2n) is 4.97. The lowest BCUT2D eigenvalue weighted by atomic mass is 9.87. The van der Waals surface area contributed by atoms with E-state index in [-0.39, 0.29) is 11.6 Å². The van der Waals surface area contributed by atoms with E-state index in [2.05, 4.69) is 23.3 Å². The highest BCUT2D eigenvalue weighted by Crippen LogP contribution is 2.38. The zero-order chi connectivity index (χ0) is 12.5. The highest BCUT2D eigenvalue weighted by Gasteiger charge is 2.39. The van der Waals surface area contributed by atoms with Crippen molar-refractivity contribution in [3.05, 3.63) is 23.4 Å². The molecule has 0 bridgehead atoms. The first-order valence-electron chi connectivity index (χ1n) is 6.10. The van der Waals surface area contributed by atoms with Gasteiger partial charge in [-0.05, 0) is 45.4 Å². The third-order valence-corrected chi connectivity index (χ3v) is 3.55. The summed E-state index contributed by atoms with van der Waals surface area (Å²) < 4.78 is 5.90. The molecule has 1 saturated heterocycles. The molecule has 0 aliphatic carbocycles. The fourth-order valence-electron chi connectivity index (χ4n) is 2.65. The number of hydrogen-bond acceptors (Lipinski definition) is 4. The van der Waals surface area contributed by atoms with Gasteiger partial charge >= 0.3 is 0 Å². The highest BCUT2D eigenvalue weighted by atomic mass is 16.5. The number of nitrogens with one attached hydrogen (secondary N) is 1. The minimum atomic E-state index is -0.182. The zero-order valence-corrected chi connectivity index (χ0v) is 10.8. The standard InChI is InChI=1S/C13H21N3O/c1-9-7-10(12(14)16-8-9)11(15-3)13(2)5-4-6-17-13/h7-8,11,15H,4-6H2,1-3H3,(H2,14,16). The quantitative estimate of drug-likeness (QED) is 0.838. The molecule has 2 rings (SSSR count). The number of rotatable bonds is 3. The summed E-state index contributed by atoms with van der Waals surface area (Å²) in [6.45, 7) is 5.00. The Bertz CT molecular complexity index is 400. The molecule has 1 aromatic rings. The molecule has 1 aromatic heterocycles. The Labute approximate surface area is 103 Å². The molecule has 4 nitrogen and oxygen atoms in total. The number of anilines is 1. The van der Waals surface area contributed by atoms with Gasteiger partial charge in [-0.25, -0.2) is 4.98 Å². The van der Waals surface area contributed by atoms with Crippen molar-refractivity contribution in [2.45, 2.75) is 38.3 Å². The van der Waals surface area contributed by atoms with Crippen LogP contribution in [0.1, 0.15) is 36.9 Å². The predicted octanol–water partition coefficient (Wildman–Crippen LogP) is 1.80. The molecule has 94 valence electrons. The highest BCUT2D eigenvalue weighted by molar-refractivity contribution is 5.44. The van der Waals surface area contributed by atoms with Crippen molar-refractivity contribution < 1.29 is 4.74 Å². The van der Waals surface area contributed by atoms with Crippen molar-refractivity contribution >= 4 is 5.82 Å². The van der Waals surface area contributed by atoms with Gasteiger partial charge < -0.3 is 15.8 Å². The van der Waals surface area contributed by atoms with Crippen LogP contribution >= 0.6 is 0 Å². The summed E-state index contributed by atoms with van der Waals surface area (Å²) in [5.41, 5.74) is 7.96. The molecule has 0 amide bonds. The zero-order valence-electron chi connectivity index (χ0n) is 10.8. The Balaban J connectivity index is 2.37. The van der Waals surface area contributed by atoms with Gasteiger partial charge in [-0.2, -0.15) is 0 Å². The van der Waals surface area contributed by atoms with Gasteiger partial charge in [0.25, 0.3) is 0 Å². The average Bonchev–Trinajstić information content (AvgIpc) is 2.72. The summed E-state index contributed by atoms with van der Waals surface area (Å²) >= 11 is 0. The fourth-order valence-corrected chi connectivity index (χ4v) is 2.65. The molecule has 1 aliphatic heterocycles. The molecule has 0 spiro atoms. The van der Waals surface area contributed by atoms with E-state index in [0.717, 1.165) is 30.6 Å². The fraction of sp³-hybridized carbons (Fsp3) is 0.615. The van der Waals surface area contributed by atoms with Crippen molar-refractivity contribution in [3.8, 4) is 0 Å². The van der Waals surface area contributed by atoms with Crippen molar-refractivity contribution in [2.24, 2.45) is 0 Å². The molecule has 0 saturated carbocycles. The summed E-state index contributed by atoms with van der Waals surface area (Å²) in [4.78, 5) is 4.23. The van der Waals surface area contributed by atoms with E-state index in [9.17, 15) is 0 Å². The van der Waals surface area contributed by atoms with Crippen LogP contribution in [0.4, 0.5) is 5.82 Å². The van der Waals surface area contributed by atoms with Crippen molar-refractivity contribution in [3.63, 3.8) is 0 Å². The van der Waals surface area contributed by atoms with Crippen molar-refractivity contribution in [2.75, 3.05) is 19.4 Å². The summed E-state index contributed by atoms with van der Waals surface area (Å²) in [5.74, 6) is 0.590. The lowest BCUT2D eigenvalue weighted by Gasteiger charge is -2.34. The molecule has 17 heavy (non-hydrogen) atoms. The first kappa shape index (κ1) is 12.3. The molecule has 3 N–H and O–H groups in total. The molecule has 1 fully saturated rings. The maximum atomic E-state index is 5.99. The van der Waals surface area contributed by atoms with Gasteiger partial charge in [0.2, 0.25) is 0 Å². The van der Waals surface area contributed by atoms with E-state index in [1.165, 1.54) is 0 Å². The largest absolute Gasteiger partial charge is 0.383 e. The van der Waals surface area contributed by atoms with E-state index in [1.807, 2.05) is 14.0 Å². The number of aromatic nitrogens is 1. The monoisotopic (exact) mass is 235 g/mol. The smallest absolute Gasteiger partial charge is 0.128 e. The van der Waals surface area contributed by atoms with Crippen LogP contribution in [0, 0.1) is 6.92 Å². The van der Waals surface area contributed by atoms with Crippen LogP contribution in [-0.2, 0) is 4.74 Å². The predicted molar refractivity (Wildman–Crippen MR) is 68.8 cm³/mol. The number of aryl methyl sites for hydroxylation is 1. The van der Waals surface area contributed by atoms with Gasteiger partial charge in [-0.15, -0.1) is 0 Å². The van der Waals surface area contributed by atoms with E-state index in [0.29, 0.717) is 5.82 Å². The van der Waals surface area contributed by atoms with E-state index in [1.54, 1.807) is 6.20 Å². The Hall–Kier alpha value is -1.13. The van der Waals surface area contributed by atoms with Crippen LogP contribution in [0.2, 0.25) is 0 Å². The van der Waals surface area contributed by atoms with Gasteiger partial charge in [0, 0.05) is 18.4 Å². The maximum absolute atomic E-state index is 5.99. The summed E-state index contributed by atoms with van der Waals surface area (Å²) in [6, 6.07) is 2.19. The molecule has 2 atom stereocenters. The molecular weight excluding hydrogens is 214 g/mol. The minimum absolute atomic E-state index is 0.0948. The van der Waals surface area contributed by atoms with Crippen molar-refractivity contribution in [1.82, 2.24) is 10.3 Å². The third-order valence-electron chi connectivity index (χ3n) is 3.55. The number of likely N-dealkylation sites (N-methyl/N-ethyl adjacent to an activating group) is 1. The van der Waals surface area contributed by atoms with Crippen LogP contribution < -0.4 is 11.1 Å². The lowest BCUT2D eigenvalue weighted by molar-refractivity contribution is -0.0103. The average molecular weight is 235 g/mol. The Morgan fingerprint density at radius 2 is 2.35 bits per heavy atom. The summed E-state index contributed by atoms with van der Waals surface area (Å²) in [7, 11) is 1.94. The SMILES string of the molecule is CNC(c1cc(C)cnc1N)C1(C)CCCO1. The number of pyridine rings is 1. The number of nitrogens with two attached hydrogens (primary N) is 1. The summed E-state index contributed by atoms with van der Waals surface area (Å²) in [6.07, 6.45) is 3.95. The molecule has 1 aliphatic rings. The first-order valence-corrected chi connectivity index (χ1v) is 6.10. The van der Waals surface area contributed by atoms with Crippen LogP contribution in [0.25, 0.3) is 0 Å². The number of nitrogen functional groups attached to an aromatic ring is 1. The van der Waals surface area contributed by atoms with Crippen LogP contribution in [0.5, 0.6) is 0 Å². The third kappa shape index (κ3) is 2.28. The molecule has 2 unspecified atom stereocenters. The van der Waals surface area contributed by atoms with E-state index in [4.69, 9.17) is 10.5 Å². The first-order chi connectivity index (χ1) is 8.07. The Morgan fingerprint density at radius 1 is 1.59 bits per heavy atom. The molecule has 2 heterocycles. The molecule has 0 aromatic carbocycles. The van der Waals surface area contributed by atoms with E-state index >= 15 is 0 Å². The molecule has 0 radical (unpaired) electrons. The lowest BCUT2D eigenvalue weighted by Crippen LogP contribution is -2.40. The minimum Gasteiger partial charge on any atom is -0.383 e. The van der Waals surface area contributed by atoms with E-state index < -0.39 is 0 Å². The second-order valence-corrected chi connectivity index (χ2v) is 4.97. The second kappa shape index (κ2) is 4.63. The van der Waals surface area contributed by atoms with Crippen molar-refractivity contribution in [1.29, 1.82) is 0 Å². The van der Waals surface area contributed by atoms with Crippen LogP contribution in [0.3, 0.4) is 0 Å². The normalized spacial score (nSPS) is 26.1. The molecular formula is C13H21N3O. The Kier molecular flexibility index (Phi) is 3.35. The van der Waals surface area contributed by atoms with Crippen LogP contribution in [-0.4, -0.2) is 24.2 Å². The van der Waals surface area contributed by atoms with Gasteiger partial charge in [-0.3, -0.25) is 0 Å². The number of ether oxygens (including phenoxy) is 1. The summed E-state index contributed by atoms with van der Waals surface area (Å²) in [5, 5.41) is 3.32. The molecule has 4 heteroatoms. The number of nitrogens with zero attached hydrogens (tertiary/aromatic N) is 1. The maximum Gasteiger partial charge on any atom is 0.128 e. The Morgan fingerprint density at radius 3 is 2.94 bits per heavy atom. The van der Waals surface area contributed by atoms with Crippen LogP contribution in [0.15, 0.2) is 12.3 Å². The van der Waals surface area contributed by atoms with Gasteiger partial charge in [0.15, 0.2) is 0 Å². The van der Waals surface area contributed by atoms with Gasteiger partial charge in [0.05, 0.1) is 11.6 Å². The van der Waals surface area contributed by atoms with Gasteiger partial charge in [0.1, 0.15) is 5.82 Å². The topological polar surface area (TPSA) is 60.2 Å².